The molecule has 0 saturated heterocycles. The van der Waals surface area contributed by atoms with Gasteiger partial charge in [0, 0.05) is 11.9 Å². The zero-order chi connectivity index (χ0) is 24.2. The summed E-state index contributed by atoms with van der Waals surface area (Å²) in [6.45, 7) is 0. The summed E-state index contributed by atoms with van der Waals surface area (Å²) < 4.78 is 54.4. The second-order valence-electron chi connectivity index (χ2n) is 7.11. The highest BCUT2D eigenvalue weighted by molar-refractivity contribution is 7.93. The number of amides is 1. The van der Waals surface area contributed by atoms with Crippen molar-refractivity contribution < 1.29 is 21.6 Å². The fraction of sp³-hybridized carbons (Fsp3) is 0. The number of carbonyl (C=O) groups excluding carboxylic acids is 1. The summed E-state index contributed by atoms with van der Waals surface area (Å²) in [6, 6.07) is 24.0. The van der Waals surface area contributed by atoms with Gasteiger partial charge in [-0.05, 0) is 60.7 Å². The van der Waals surface area contributed by atoms with Crippen LogP contribution in [0, 0.1) is 0 Å². The van der Waals surface area contributed by atoms with Crippen LogP contribution >= 0.6 is 0 Å². The minimum Gasteiger partial charge on any atom is -0.321 e. The normalized spacial score (nSPS) is 11.5. The molecule has 0 aliphatic heterocycles. The molecule has 10 heteroatoms. The van der Waals surface area contributed by atoms with Crippen molar-refractivity contribution in [1.82, 2.24) is 4.98 Å². The van der Waals surface area contributed by atoms with Gasteiger partial charge in [-0.2, -0.15) is 0 Å². The third-order valence-electron chi connectivity index (χ3n) is 4.79. The molecule has 8 nitrogen and oxygen atoms in total. The zero-order valence-corrected chi connectivity index (χ0v) is 19.3. The second-order valence-corrected chi connectivity index (χ2v) is 10.7. The summed E-state index contributed by atoms with van der Waals surface area (Å²) in [5.74, 6) is -0.436. The lowest BCUT2D eigenvalue weighted by Crippen LogP contribution is -2.16. The molecule has 3 aromatic carbocycles. The average molecular weight is 494 g/mol. The van der Waals surface area contributed by atoms with E-state index in [-0.39, 0.29) is 26.1 Å². The summed E-state index contributed by atoms with van der Waals surface area (Å²) in [4.78, 5) is 16.0. The molecule has 4 rings (SSSR count). The topological polar surface area (TPSA) is 122 Å². The van der Waals surface area contributed by atoms with E-state index in [0.717, 1.165) is 0 Å². The molecule has 0 aliphatic rings. The number of rotatable bonds is 7. The number of benzene rings is 3. The first kappa shape index (κ1) is 23.1. The van der Waals surface area contributed by atoms with E-state index in [0.29, 0.717) is 5.69 Å². The fourth-order valence-corrected chi connectivity index (χ4v) is 5.71. The largest absolute Gasteiger partial charge is 0.321 e. The first-order valence-electron chi connectivity index (χ1n) is 10.0. The lowest BCUT2D eigenvalue weighted by atomic mass is 10.3. The quantitative estimate of drug-likeness (QED) is 0.402. The van der Waals surface area contributed by atoms with Crippen LogP contribution < -0.4 is 10.0 Å². The number of hydrogen-bond acceptors (Lipinski definition) is 6. The van der Waals surface area contributed by atoms with Crippen LogP contribution in [0.15, 0.2) is 118 Å². The van der Waals surface area contributed by atoms with Crippen molar-refractivity contribution in [1.29, 1.82) is 0 Å². The molecule has 0 radical (unpaired) electrons. The number of nitrogens with zero attached hydrogens (tertiary/aromatic N) is 1. The van der Waals surface area contributed by atoms with E-state index in [1.807, 2.05) is 0 Å². The second kappa shape index (κ2) is 9.46. The molecule has 1 aromatic heterocycles. The molecule has 0 atom stereocenters. The zero-order valence-electron chi connectivity index (χ0n) is 17.6. The lowest BCUT2D eigenvalue weighted by Gasteiger charge is -2.13. The van der Waals surface area contributed by atoms with Crippen LogP contribution in [0.5, 0.6) is 0 Å². The Morgan fingerprint density at radius 3 is 2.00 bits per heavy atom. The van der Waals surface area contributed by atoms with Gasteiger partial charge in [-0.25, -0.2) is 16.8 Å². The number of aromatic nitrogens is 1. The van der Waals surface area contributed by atoms with E-state index >= 15 is 0 Å². The Labute approximate surface area is 197 Å². The Morgan fingerprint density at radius 1 is 0.676 bits per heavy atom. The number of sulfone groups is 1. The maximum atomic E-state index is 13.1. The third kappa shape index (κ3) is 4.98. The van der Waals surface area contributed by atoms with E-state index in [1.54, 1.807) is 36.4 Å². The van der Waals surface area contributed by atoms with Crippen molar-refractivity contribution in [3.05, 3.63) is 109 Å². The van der Waals surface area contributed by atoms with Gasteiger partial charge in [-0.15, -0.1) is 0 Å². The number of pyridine rings is 1. The Hall–Kier alpha value is -4.02. The molecule has 2 N–H and O–H groups in total. The van der Waals surface area contributed by atoms with Crippen molar-refractivity contribution >= 4 is 37.1 Å². The van der Waals surface area contributed by atoms with Crippen LogP contribution in [0.3, 0.4) is 0 Å². The van der Waals surface area contributed by atoms with E-state index < -0.39 is 25.8 Å². The standard InChI is InChI=1S/C24H19N3O5S2/c28-24(22-11-6-7-17-25-22)26-18-13-15-20(16-14-18)34(31,32)27-21-10-4-5-12-23(21)33(29,30)19-8-2-1-3-9-19/h1-17,27H,(H,26,28). The molecular weight excluding hydrogens is 474 g/mol. The number of carbonyl (C=O) groups is 1. The molecule has 0 fully saturated rings. The number of para-hydroxylation sites is 1. The van der Waals surface area contributed by atoms with Gasteiger partial charge in [0.25, 0.3) is 15.9 Å². The molecule has 34 heavy (non-hydrogen) atoms. The predicted octanol–water partition coefficient (Wildman–Crippen LogP) is 3.97. The molecule has 1 heterocycles. The van der Waals surface area contributed by atoms with Crippen LogP contribution in [0.2, 0.25) is 0 Å². The van der Waals surface area contributed by atoms with Crippen LogP contribution in [-0.2, 0) is 19.9 Å². The molecule has 0 unspecified atom stereocenters. The van der Waals surface area contributed by atoms with Gasteiger partial charge in [0.2, 0.25) is 9.84 Å². The molecular formula is C24H19N3O5S2. The summed E-state index contributed by atoms with van der Waals surface area (Å²) in [7, 11) is -8.07. The van der Waals surface area contributed by atoms with Crippen molar-refractivity contribution in [2.75, 3.05) is 10.0 Å². The summed E-state index contributed by atoms with van der Waals surface area (Å²) in [6.07, 6.45) is 1.49. The van der Waals surface area contributed by atoms with Crippen LogP contribution in [0.4, 0.5) is 11.4 Å². The molecule has 1 amide bonds. The van der Waals surface area contributed by atoms with Gasteiger partial charge in [-0.3, -0.25) is 14.5 Å². The lowest BCUT2D eigenvalue weighted by molar-refractivity contribution is 0.102. The molecule has 0 spiro atoms. The van der Waals surface area contributed by atoms with Crippen molar-refractivity contribution in [2.24, 2.45) is 0 Å². The molecule has 0 bridgehead atoms. The van der Waals surface area contributed by atoms with Gasteiger partial charge in [0.1, 0.15) is 5.69 Å². The molecule has 0 saturated carbocycles. The van der Waals surface area contributed by atoms with Gasteiger partial charge >= 0.3 is 0 Å². The first-order valence-corrected chi connectivity index (χ1v) is 13.0. The Balaban J connectivity index is 1.57. The smallest absolute Gasteiger partial charge is 0.274 e. The van der Waals surface area contributed by atoms with Crippen molar-refractivity contribution in [2.45, 2.75) is 14.7 Å². The Morgan fingerprint density at radius 2 is 1.32 bits per heavy atom. The van der Waals surface area contributed by atoms with Gasteiger partial charge in [-0.1, -0.05) is 36.4 Å². The maximum Gasteiger partial charge on any atom is 0.274 e. The number of sulfonamides is 1. The Bertz CT molecular complexity index is 1520. The Kier molecular flexibility index (Phi) is 6.44. The number of hydrogen-bond donors (Lipinski definition) is 2. The van der Waals surface area contributed by atoms with Crippen molar-refractivity contribution in [3.63, 3.8) is 0 Å². The highest BCUT2D eigenvalue weighted by Crippen LogP contribution is 2.29. The van der Waals surface area contributed by atoms with Gasteiger partial charge in [0.15, 0.2) is 0 Å². The fourth-order valence-electron chi connectivity index (χ4n) is 3.13. The van der Waals surface area contributed by atoms with Gasteiger partial charge in [0.05, 0.1) is 20.4 Å². The summed E-state index contributed by atoms with van der Waals surface area (Å²) in [5, 5.41) is 2.64. The highest BCUT2D eigenvalue weighted by atomic mass is 32.2. The number of nitrogens with one attached hydrogen (secondary N) is 2. The van der Waals surface area contributed by atoms with E-state index in [9.17, 15) is 21.6 Å². The first-order chi connectivity index (χ1) is 16.3. The third-order valence-corrected chi connectivity index (χ3v) is 8.00. The molecule has 172 valence electrons. The van der Waals surface area contributed by atoms with Crippen molar-refractivity contribution in [3.8, 4) is 0 Å². The molecule has 4 aromatic rings. The summed E-state index contributed by atoms with van der Waals surface area (Å²) >= 11 is 0. The molecule has 0 aliphatic carbocycles. The minimum atomic E-state index is -4.12. The SMILES string of the molecule is O=C(Nc1ccc(S(=O)(=O)Nc2ccccc2S(=O)(=O)c2ccccc2)cc1)c1ccccn1. The maximum absolute atomic E-state index is 13.1. The minimum absolute atomic E-state index is 0.0506. The van der Waals surface area contributed by atoms with Crippen LogP contribution in [0.25, 0.3) is 0 Å². The summed E-state index contributed by atoms with van der Waals surface area (Å²) in [5.41, 5.74) is 0.526. The average Bonchev–Trinajstić information content (AvgIpc) is 2.85. The van der Waals surface area contributed by atoms with E-state index in [1.165, 1.54) is 66.9 Å². The van der Waals surface area contributed by atoms with Crippen LogP contribution in [-0.4, -0.2) is 27.7 Å². The van der Waals surface area contributed by atoms with E-state index in [2.05, 4.69) is 15.0 Å². The van der Waals surface area contributed by atoms with Gasteiger partial charge < -0.3 is 5.32 Å². The number of anilines is 2. The highest BCUT2D eigenvalue weighted by Gasteiger charge is 2.24. The van der Waals surface area contributed by atoms with Crippen LogP contribution in [0.1, 0.15) is 10.5 Å². The van der Waals surface area contributed by atoms with E-state index in [4.69, 9.17) is 0 Å². The predicted molar refractivity (Wildman–Crippen MR) is 128 cm³/mol. The monoisotopic (exact) mass is 493 g/mol.